The number of halogens is 2. The van der Waals surface area contributed by atoms with Crippen LogP contribution in [0.1, 0.15) is 24.8 Å². The van der Waals surface area contributed by atoms with Crippen molar-refractivity contribution >= 4 is 34.0 Å². The lowest BCUT2D eigenvalue weighted by atomic mass is 10.1. The molecule has 2 aromatic heterocycles. The Bertz CT molecular complexity index is 701. The van der Waals surface area contributed by atoms with Crippen molar-refractivity contribution in [2.75, 3.05) is 18.4 Å². The predicted octanol–water partition coefficient (Wildman–Crippen LogP) is 4.23. The third-order valence-electron chi connectivity index (χ3n) is 3.71. The highest BCUT2D eigenvalue weighted by Gasteiger charge is 2.33. The van der Waals surface area contributed by atoms with Gasteiger partial charge in [0.1, 0.15) is 0 Å². The zero-order valence-electron chi connectivity index (χ0n) is 12.5. The van der Waals surface area contributed by atoms with Crippen molar-refractivity contribution in [3.05, 3.63) is 17.0 Å². The number of thiophene rings is 1. The van der Waals surface area contributed by atoms with Crippen LogP contribution >= 0.6 is 22.9 Å². The second-order valence-electron chi connectivity index (χ2n) is 5.48. The van der Waals surface area contributed by atoms with Crippen LogP contribution in [0.2, 0.25) is 0 Å². The number of carbonyl (C=O) groups is 1. The van der Waals surface area contributed by atoms with E-state index in [1.165, 1.54) is 4.90 Å². The fourth-order valence-electron chi connectivity index (χ4n) is 2.41. The average molecular weight is 358 g/mol. The molecular formula is C14H16F2N4OS2. The summed E-state index contributed by atoms with van der Waals surface area (Å²) in [6.07, 6.45) is -0.163. The summed E-state index contributed by atoms with van der Waals surface area (Å²) in [4.78, 5) is 18.9. The zero-order valence-corrected chi connectivity index (χ0v) is 14.1. The summed E-state index contributed by atoms with van der Waals surface area (Å²) in [7, 11) is 0. The fourth-order valence-corrected chi connectivity index (χ4v) is 3.89. The Morgan fingerprint density at radius 3 is 2.96 bits per heavy atom. The maximum absolute atomic E-state index is 13.3. The maximum Gasteiger partial charge on any atom is 0.323 e. The number of amides is 2. The molecule has 5 nitrogen and oxygen atoms in total. The number of alkyl halides is 2. The molecule has 2 aromatic rings. The largest absolute Gasteiger partial charge is 0.324 e. The van der Waals surface area contributed by atoms with E-state index in [9.17, 15) is 13.6 Å². The van der Waals surface area contributed by atoms with Gasteiger partial charge in [-0.15, -0.1) is 11.3 Å². The number of nitrogens with zero attached hydrogens (tertiary/aromatic N) is 3. The third-order valence-corrected chi connectivity index (χ3v) is 5.35. The quantitative estimate of drug-likeness (QED) is 0.874. The van der Waals surface area contributed by atoms with E-state index in [0.717, 1.165) is 22.0 Å². The molecule has 0 spiro atoms. The van der Waals surface area contributed by atoms with Gasteiger partial charge in [0.2, 0.25) is 11.1 Å². The number of carbonyl (C=O) groups excluding carboxylic acids is 1. The summed E-state index contributed by atoms with van der Waals surface area (Å²) in [5.74, 6) is -2.10. The zero-order chi connectivity index (χ0) is 16.4. The lowest BCUT2D eigenvalue weighted by Crippen LogP contribution is -2.36. The van der Waals surface area contributed by atoms with Crippen LogP contribution in [-0.2, 0) is 0 Å². The van der Waals surface area contributed by atoms with Crippen molar-refractivity contribution in [2.45, 2.75) is 32.1 Å². The Labute approximate surface area is 140 Å². The Hall–Kier alpha value is -1.61. The minimum atomic E-state index is -2.68. The average Bonchev–Trinajstić information content (AvgIpc) is 3.06. The molecule has 0 bridgehead atoms. The molecule has 1 aliphatic heterocycles. The van der Waals surface area contributed by atoms with Crippen LogP contribution in [0.4, 0.5) is 18.7 Å². The molecule has 2 amide bonds. The van der Waals surface area contributed by atoms with Gasteiger partial charge < -0.3 is 4.90 Å². The lowest BCUT2D eigenvalue weighted by Gasteiger charge is -2.19. The second kappa shape index (κ2) is 6.48. The van der Waals surface area contributed by atoms with Crippen molar-refractivity contribution in [1.29, 1.82) is 0 Å². The summed E-state index contributed by atoms with van der Waals surface area (Å²) in [5.41, 5.74) is 1.08. The monoisotopic (exact) mass is 358 g/mol. The third kappa shape index (κ3) is 3.84. The van der Waals surface area contributed by atoms with Crippen LogP contribution in [0.15, 0.2) is 11.4 Å². The topological polar surface area (TPSA) is 58.1 Å². The smallest absolute Gasteiger partial charge is 0.323 e. The number of hydrogen-bond acceptors (Lipinski definition) is 5. The van der Waals surface area contributed by atoms with E-state index in [-0.39, 0.29) is 19.4 Å². The molecule has 0 atom stereocenters. The van der Waals surface area contributed by atoms with E-state index in [1.807, 2.05) is 18.4 Å². The van der Waals surface area contributed by atoms with Gasteiger partial charge in [-0.1, -0.05) is 0 Å². The van der Waals surface area contributed by atoms with Crippen LogP contribution in [0.25, 0.3) is 10.7 Å². The summed E-state index contributed by atoms with van der Waals surface area (Å²) in [5, 5.41) is 5.00. The Morgan fingerprint density at radius 2 is 2.22 bits per heavy atom. The molecule has 23 heavy (non-hydrogen) atoms. The van der Waals surface area contributed by atoms with Gasteiger partial charge in [-0.05, 0) is 30.4 Å². The van der Waals surface area contributed by atoms with Crippen LogP contribution in [0, 0.1) is 6.92 Å². The van der Waals surface area contributed by atoms with Crippen LogP contribution in [-0.4, -0.2) is 39.3 Å². The lowest BCUT2D eigenvalue weighted by molar-refractivity contribution is -0.0121. The fraction of sp³-hybridized carbons (Fsp3) is 0.500. The highest BCUT2D eigenvalue weighted by molar-refractivity contribution is 7.14. The first-order valence-corrected chi connectivity index (χ1v) is 8.92. The van der Waals surface area contributed by atoms with Gasteiger partial charge in [0.05, 0.1) is 4.88 Å². The van der Waals surface area contributed by atoms with Crippen LogP contribution < -0.4 is 5.32 Å². The van der Waals surface area contributed by atoms with E-state index in [4.69, 9.17) is 0 Å². The highest BCUT2D eigenvalue weighted by atomic mass is 32.1. The van der Waals surface area contributed by atoms with Gasteiger partial charge in [0.25, 0.3) is 0 Å². The predicted molar refractivity (Wildman–Crippen MR) is 87.3 cm³/mol. The molecule has 0 aliphatic carbocycles. The number of aromatic nitrogens is 2. The summed E-state index contributed by atoms with van der Waals surface area (Å²) in [6.45, 7) is 2.36. The van der Waals surface area contributed by atoms with Crippen molar-refractivity contribution in [1.82, 2.24) is 14.3 Å². The van der Waals surface area contributed by atoms with E-state index >= 15 is 0 Å². The molecule has 0 aromatic carbocycles. The van der Waals surface area contributed by atoms with Crippen molar-refractivity contribution in [2.24, 2.45) is 0 Å². The molecule has 1 aliphatic rings. The molecule has 1 N–H and O–H groups in total. The summed E-state index contributed by atoms with van der Waals surface area (Å²) >= 11 is 2.63. The molecule has 3 heterocycles. The molecular weight excluding hydrogens is 342 g/mol. The standard InChI is InChI=1S/C14H16F2N4OS2/c1-9-3-8-22-10(9)11-17-12(23-19-11)18-13(21)20-6-2-4-14(15,16)5-7-20/h3,8H,2,4-7H2,1H3,(H,17,18,19,21). The molecule has 9 heteroatoms. The molecule has 0 unspecified atom stereocenters. The molecule has 124 valence electrons. The first kappa shape index (κ1) is 16.3. The number of anilines is 1. The minimum Gasteiger partial charge on any atom is -0.324 e. The number of urea groups is 1. The van der Waals surface area contributed by atoms with Gasteiger partial charge in [0, 0.05) is 37.5 Å². The Morgan fingerprint density at radius 1 is 1.39 bits per heavy atom. The van der Waals surface area contributed by atoms with Gasteiger partial charge in [-0.2, -0.15) is 9.36 Å². The van der Waals surface area contributed by atoms with Gasteiger partial charge in [0.15, 0.2) is 5.82 Å². The first-order chi connectivity index (χ1) is 10.9. The number of hydrogen-bond donors (Lipinski definition) is 1. The van der Waals surface area contributed by atoms with E-state index in [0.29, 0.717) is 23.9 Å². The molecule has 0 radical (unpaired) electrons. The van der Waals surface area contributed by atoms with Gasteiger partial charge in [-0.25, -0.2) is 13.6 Å². The number of likely N-dealkylation sites (tertiary alicyclic amines) is 1. The molecule has 3 rings (SSSR count). The van der Waals surface area contributed by atoms with Crippen molar-refractivity contribution < 1.29 is 13.6 Å². The Kier molecular flexibility index (Phi) is 4.58. The minimum absolute atomic E-state index is 0.0501. The second-order valence-corrected chi connectivity index (χ2v) is 7.15. The van der Waals surface area contributed by atoms with E-state index in [2.05, 4.69) is 14.7 Å². The summed E-state index contributed by atoms with van der Waals surface area (Å²) in [6, 6.07) is 1.59. The normalized spacial score (nSPS) is 17.8. The number of aryl methyl sites for hydroxylation is 1. The van der Waals surface area contributed by atoms with E-state index < -0.39 is 12.0 Å². The number of nitrogens with one attached hydrogen (secondary N) is 1. The van der Waals surface area contributed by atoms with Gasteiger partial charge in [-0.3, -0.25) is 5.32 Å². The highest BCUT2D eigenvalue weighted by Crippen LogP contribution is 2.30. The first-order valence-electron chi connectivity index (χ1n) is 7.26. The summed E-state index contributed by atoms with van der Waals surface area (Å²) < 4.78 is 30.9. The molecule has 1 saturated heterocycles. The van der Waals surface area contributed by atoms with Crippen molar-refractivity contribution in [3.63, 3.8) is 0 Å². The Balaban J connectivity index is 1.64. The maximum atomic E-state index is 13.3. The molecule has 0 saturated carbocycles. The molecule has 1 fully saturated rings. The van der Waals surface area contributed by atoms with E-state index in [1.54, 1.807) is 11.3 Å². The SMILES string of the molecule is Cc1ccsc1-c1nsc(NC(=O)N2CCCC(F)(F)CC2)n1. The van der Waals surface area contributed by atoms with Crippen LogP contribution in [0.3, 0.4) is 0 Å². The van der Waals surface area contributed by atoms with Gasteiger partial charge >= 0.3 is 6.03 Å². The van der Waals surface area contributed by atoms with Crippen LogP contribution in [0.5, 0.6) is 0 Å². The van der Waals surface area contributed by atoms with Crippen molar-refractivity contribution in [3.8, 4) is 10.7 Å². The number of rotatable bonds is 2.